The van der Waals surface area contributed by atoms with Gasteiger partial charge in [-0.25, -0.2) is 17.6 Å². The lowest BCUT2D eigenvalue weighted by Gasteiger charge is -2.08. The molecule has 0 N–H and O–H groups in total. The molecule has 0 atom stereocenters. The zero-order chi connectivity index (χ0) is 14.2. The molecular weight excluding hydrogens is 295 g/mol. The minimum atomic E-state index is -4.24. The van der Waals surface area contributed by atoms with Gasteiger partial charge in [0, 0.05) is 10.7 Å². The van der Waals surface area contributed by atoms with Crippen molar-refractivity contribution in [3.63, 3.8) is 0 Å². The highest BCUT2D eigenvalue weighted by Crippen LogP contribution is 2.29. The summed E-state index contributed by atoms with van der Waals surface area (Å²) in [5, 5.41) is 0. The summed E-state index contributed by atoms with van der Waals surface area (Å²) < 4.78 is 41.1. The second kappa shape index (κ2) is 5.09. The van der Waals surface area contributed by atoms with Gasteiger partial charge >= 0.3 is 5.97 Å². The van der Waals surface area contributed by atoms with Crippen LogP contribution < -0.4 is 0 Å². The van der Waals surface area contributed by atoms with Crippen molar-refractivity contribution in [2.24, 2.45) is 5.92 Å². The summed E-state index contributed by atoms with van der Waals surface area (Å²) in [5.41, 5.74) is 0.0128. The van der Waals surface area contributed by atoms with Crippen molar-refractivity contribution in [2.45, 2.75) is 24.7 Å². The molecule has 1 aromatic carbocycles. The van der Waals surface area contributed by atoms with Crippen molar-refractivity contribution in [1.82, 2.24) is 0 Å². The average molecular weight is 307 g/mol. The third-order valence-electron chi connectivity index (χ3n) is 2.87. The van der Waals surface area contributed by atoms with Gasteiger partial charge in [0.1, 0.15) is 10.7 Å². The van der Waals surface area contributed by atoms with Crippen LogP contribution in [-0.2, 0) is 13.8 Å². The first-order chi connectivity index (χ1) is 8.79. The maximum Gasteiger partial charge on any atom is 0.338 e. The highest BCUT2D eigenvalue weighted by atomic mass is 35.7. The van der Waals surface area contributed by atoms with Crippen LogP contribution in [0, 0.1) is 18.7 Å². The van der Waals surface area contributed by atoms with Crippen LogP contribution >= 0.6 is 10.7 Å². The monoisotopic (exact) mass is 306 g/mol. The zero-order valence-corrected chi connectivity index (χ0v) is 11.7. The summed E-state index contributed by atoms with van der Waals surface area (Å²) >= 11 is 0. The topological polar surface area (TPSA) is 60.4 Å². The molecule has 7 heteroatoms. The Morgan fingerprint density at radius 3 is 2.63 bits per heavy atom. The first kappa shape index (κ1) is 14.3. The number of hydrogen-bond donors (Lipinski definition) is 0. The van der Waals surface area contributed by atoms with Crippen LogP contribution in [-0.4, -0.2) is 21.0 Å². The summed E-state index contributed by atoms with van der Waals surface area (Å²) in [5.74, 6) is -1.23. The molecule has 0 bridgehead atoms. The summed E-state index contributed by atoms with van der Waals surface area (Å²) in [4.78, 5) is 11.0. The third kappa shape index (κ3) is 3.45. The smallest absolute Gasteiger partial charge is 0.338 e. The van der Waals surface area contributed by atoms with Crippen LogP contribution in [0.15, 0.2) is 17.0 Å². The Hall–Kier alpha value is -1.14. The van der Waals surface area contributed by atoms with Crippen LogP contribution in [0.25, 0.3) is 0 Å². The lowest BCUT2D eigenvalue weighted by molar-refractivity contribution is 0.0485. The van der Waals surface area contributed by atoms with E-state index >= 15 is 0 Å². The van der Waals surface area contributed by atoms with E-state index in [2.05, 4.69) is 0 Å². The fourth-order valence-electron chi connectivity index (χ4n) is 1.59. The standard InChI is InChI=1S/C12H12ClFO4S/c1-7-4-9(12(15)18-6-8-2-3-8)5-10(11(7)14)19(13,16)17/h4-5,8H,2-3,6H2,1H3. The second-order valence-electron chi connectivity index (χ2n) is 4.58. The van der Waals surface area contributed by atoms with Crippen LogP contribution in [0.3, 0.4) is 0 Å². The van der Waals surface area contributed by atoms with Crippen molar-refractivity contribution in [3.8, 4) is 0 Å². The van der Waals surface area contributed by atoms with E-state index in [-0.39, 0.29) is 11.1 Å². The molecule has 0 spiro atoms. The Labute approximate surface area is 114 Å². The largest absolute Gasteiger partial charge is 0.462 e. The number of hydrogen-bond acceptors (Lipinski definition) is 4. The molecule has 0 radical (unpaired) electrons. The Morgan fingerprint density at radius 1 is 1.47 bits per heavy atom. The first-order valence-electron chi connectivity index (χ1n) is 5.71. The van der Waals surface area contributed by atoms with E-state index in [0.29, 0.717) is 12.5 Å². The average Bonchev–Trinajstić information content (AvgIpc) is 3.11. The number of halogens is 2. The summed E-state index contributed by atoms with van der Waals surface area (Å²) in [6.07, 6.45) is 2.05. The van der Waals surface area contributed by atoms with E-state index in [1.54, 1.807) is 0 Å². The van der Waals surface area contributed by atoms with Gasteiger partial charge in [0.25, 0.3) is 9.05 Å². The maximum absolute atomic E-state index is 13.6. The molecule has 0 unspecified atom stereocenters. The number of carbonyl (C=O) groups is 1. The molecule has 19 heavy (non-hydrogen) atoms. The molecule has 0 saturated heterocycles. The Bertz CT molecular complexity index is 623. The minimum Gasteiger partial charge on any atom is -0.462 e. The van der Waals surface area contributed by atoms with Gasteiger partial charge in [-0.1, -0.05) is 0 Å². The molecule has 0 aliphatic heterocycles. The Morgan fingerprint density at radius 2 is 2.11 bits per heavy atom. The SMILES string of the molecule is Cc1cc(C(=O)OCC2CC2)cc(S(=O)(=O)Cl)c1F. The van der Waals surface area contributed by atoms with Crippen molar-refractivity contribution >= 4 is 25.7 Å². The van der Waals surface area contributed by atoms with Gasteiger partial charge < -0.3 is 4.74 Å². The van der Waals surface area contributed by atoms with Gasteiger partial charge in [-0.15, -0.1) is 0 Å². The summed E-state index contributed by atoms with van der Waals surface area (Å²) in [6.45, 7) is 1.66. The molecule has 2 rings (SSSR count). The van der Waals surface area contributed by atoms with Crippen LogP contribution in [0.2, 0.25) is 0 Å². The molecule has 0 aromatic heterocycles. The lowest BCUT2D eigenvalue weighted by Crippen LogP contribution is -2.10. The second-order valence-corrected chi connectivity index (χ2v) is 7.12. The van der Waals surface area contributed by atoms with Gasteiger partial charge in [0.15, 0.2) is 0 Å². The van der Waals surface area contributed by atoms with Gasteiger partial charge in [-0.3, -0.25) is 0 Å². The number of carbonyl (C=O) groups excluding carboxylic acids is 1. The normalized spacial score (nSPS) is 15.3. The third-order valence-corrected chi connectivity index (χ3v) is 4.19. The van der Waals surface area contributed by atoms with E-state index in [1.165, 1.54) is 13.0 Å². The van der Waals surface area contributed by atoms with E-state index in [0.717, 1.165) is 18.9 Å². The Kier molecular flexibility index (Phi) is 3.82. The maximum atomic E-state index is 13.6. The van der Waals surface area contributed by atoms with Crippen molar-refractivity contribution < 1.29 is 22.3 Å². The number of esters is 1. The molecule has 1 aliphatic rings. The highest BCUT2D eigenvalue weighted by Gasteiger charge is 2.25. The van der Waals surface area contributed by atoms with Crippen LogP contribution in [0.1, 0.15) is 28.8 Å². The van der Waals surface area contributed by atoms with Crippen molar-refractivity contribution in [1.29, 1.82) is 0 Å². The molecule has 1 aromatic rings. The molecule has 4 nitrogen and oxygen atoms in total. The molecule has 104 valence electrons. The molecule has 1 aliphatic carbocycles. The molecule has 0 heterocycles. The van der Waals surface area contributed by atoms with Crippen LogP contribution in [0.5, 0.6) is 0 Å². The molecule has 0 amide bonds. The predicted octanol–water partition coefficient (Wildman–Crippen LogP) is 2.63. The van der Waals surface area contributed by atoms with Crippen molar-refractivity contribution in [3.05, 3.63) is 29.1 Å². The van der Waals surface area contributed by atoms with Gasteiger partial charge in [-0.05, 0) is 43.4 Å². The van der Waals surface area contributed by atoms with Gasteiger partial charge in [0.2, 0.25) is 0 Å². The lowest BCUT2D eigenvalue weighted by atomic mass is 10.1. The number of rotatable bonds is 4. The van der Waals surface area contributed by atoms with E-state index in [1.807, 2.05) is 0 Å². The summed E-state index contributed by atoms with van der Waals surface area (Å²) in [7, 11) is 0.889. The number of aryl methyl sites for hydroxylation is 1. The number of benzene rings is 1. The highest BCUT2D eigenvalue weighted by molar-refractivity contribution is 8.13. The number of ether oxygens (including phenoxy) is 1. The quantitative estimate of drug-likeness (QED) is 0.634. The zero-order valence-electron chi connectivity index (χ0n) is 10.2. The van der Waals surface area contributed by atoms with Gasteiger partial charge in [0.05, 0.1) is 12.2 Å². The van der Waals surface area contributed by atoms with E-state index in [9.17, 15) is 17.6 Å². The van der Waals surface area contributed by atoms with E-state index < -0.39 is 25.7 Å². The van der Waals surface area contributed by atoms with Crippen LogP contribution in [0.4, 0.5) is 4.39 Å². The molecule has 1 saturated carbocycles. The molecule has 1 fully saturated rings. The summed E-state index contributed by atoms with van der Waals surface area (Å²) in [6, 6.07) is 2.15. The fourth-order valence-corrected chi connectivity index (χ4v) is 2.57. The van der Waals surface area contributed by atoms with Gasteiger partial charge in [-0.2, -0.15) is 0 Å². The van der Waals surface area contributed by atoms with E-state index in [4.69, 9.17) is 15.4 Å². The Balaban J connectivity index is 2.30. The first-order valence-corrected chi connectivity index (χ1v) is 8.02. The van der Waals surface area contributed by atoms with Crippen molar-refractivity contribution in [2.75, 3.05) is 6.61 Å². The minimum absolute atomic E-state index is 0.0150. The fraction of sp³-hybridized carbons (Fsp3) is 0.417. The molecular formula is C12H12ClFO4S. The predicted molar refractivity (Wildman–Crippen MR) is 67.2 cm³/mol.